The number of aromatic nitrogens is 4. The minimum absolute atomic E-state index is 0.0339. The maximum absolute atomic E-state index is 13.3. The lowest BCUT2D eigenvalue weighted by Crippen LogP contribution is -2.36. The molecule has 1 aliphatic rings. The molecule has 0 amide bonds. The standard InChI is InChI=1S/C29H24ClN5O6/c30-20-12-10-18(11-13-20)24(41-29(38)19-8-6-17(7-9-19)16-4-2-1-3-5-16)25-22(36)23(37)28(40-25)35-15-33-21-26(34-39)31-14-32-27(21)35/h1-15,22-25,28,36-37,39H,(H,31,32,34)/t22-,23+,24+,25-,28+/m0/s1. The van der Waals surface area contributed by atoms with E-state index < -0.39 is 36.6 Å². The number of aliphatic hydroxyl groups is 2. The number of ether oxygens (including phenoxy) is 2. The zero-order valence-electron chi connectivity index (χ0n) is 21.3. The number of H-pyrrole nitrogens is 1. The van der Waals surface area contributed by atoms with Gasteiger partial charge in [0.05, 0.1) is 18.2 Å². The summed E-state index contributed by atoms with van der Waals surface area (Å²) in [5, 5.41) is 35.0. The fourth-order valence-electron chi connectivity index (χ4n) is 4.90. The van der Waals surface area contributed by atoms with Gasteiger partial charge in [-0.15, -0.1) is 0 Å². The number of nitrogens with one attached hydrogen (secondary N) is 1. The van der Waals surface area contributed by atoms with Gasteiger partial charge in [0, 0.05) is 5.02 Å². The number of fused-ring (bicyclic) bond motifs is 1. The van der Waals surface area contributed by atoms with Crippen LogP contribution in [0.15, 0.2) is 96.7 Å². The predicted molar refractivity (Wildman–Crippen MR) is 147 cm³/mol. The summed E-state index contributed by atoms with van der Waals surface area (Å²) in [4.78, 5) is 24.3. The second-order valence-corrected chi connectivity index (χ2v) is 9.90. The van der Waals surface area contributed by atoms with Gasteiger partial charge in [-0.05, 0) is 41.0 Å². The number of rotatable bonds is 6. The third-order valence-electron chi connectivity index (χ3n) is 7.00. The molecule has 0 aliphatic carbocycles. The van der Waals surface area contributed by atoms with Crippen LogP contribution < -0.4 is 5.49 Å². The average molecular weight is 574 g/mol. The summed E-state index contributed by atoms with van der Waals surface area (Å²) in [7, 11) is 0. The summed E-state index contributed by atoms with van der Waals surface area (Å²) in [6, 6.07) is 23.3. The van der Waals surface area contributed by atoms with Crippen LogP contribution in [0.5, 0.6) is 0 Å². The Morgan fingerprint density at radius 1 is 0.976 bits per heavy atom. The lowest BCUT2D eigenvalue weighted by Gasteiger charge is -2.26. The van der Waals surface area contributed by atoms with Crippen LogP contribution in [0.25, 0.3) is 22.3 Å². The molecule has 0 unspecified atom stereocenters. The Balaban J connectivity index is 1.30. The molecular formula is C29H24ClN5O6. The smallest absolute Gasteiger partial charge is 0.338 e. The molecule has 1 saturated heterocycles. The summed E-state index contributed by atoms with van der Waals surface area (Å²) in [5.41, 5.74) is 3.28. The Bertz CT molecular complexity index is 1740. The number of hydrogen-bond acceptors (Lipinski definition) is 9. The van der Waals surface area contributed by atoms with Crippen molar-refractivity contribution < 1.29 is 29.7 Å². The van der Waals surface area contributed by atoms with Crippen LogP contribution in [0.3, 0.4) is 0 Å². The molecule has 0 radical (unpaired) electrons. The van der Waals surface area contributed by atoms with Crippen molar-refractivity contribution in [1.82, 2.24) is 19.5 Å². The zero-order valence-corrected chi connectivity index (χ0v) is 22.0. The number of carbonyl (C=O) groups excluding carboxylic acids is 1. The van der Waals surface area contributed by atoms with Gasteiger partial charge in [-0.2, -0.15) is 0 Å². The topological polar surface area (TPSA) is 155 Å². The zero-order chi connectivity index (χ0) is 28.5. The number of aliphatic hydroxyl groups excluding tert-OH is 2. The predicted octanol–water partition coefficient (Wildman–Crippen LogP) is 3.59. The first kappa shape index (κ1) is 26.7. The average Bonchev–Trinajstić information content (AvgIpc) is 3.57. The van der Waals surface area contributed by atoms with Gasteiger partial charge < -0.3 is 29.9 Å². The molecule has 0 bridgehead atoms. The van der Waals surface area contributed by atoms with E-state index in [0.29, 0.717) is 21.8 Å². The molecule has 1 fully saturated rings. The second-order valence-electron chi connectivity index (χ2n) is 9.47. The third kappa shape index (κ3) is 5.07. The number of carbonyl (C=O) groups is 1. The van der Waals surface area contributed by atoms with Crippen molar-refractivity contribution in [1.29, 1.82) is 0 Å². The van der Waals surface area contributed by atoms with E-state index in [1.165, 1.54) is 17.2 Å². The summed E-state index contributed by atoms with van der Waals surface area (Å²) >= 11 is 6.09. The van der Waals surface area contributed by atoms with E-state index in [4.69, 9.17) is 21.1 Å². The van der Waals surface area contributed by atoms with E-state index in [1.807, 2.05) is 42.5 Å². The van der Waals surface area contributed by atoms with Gasteiger partial charge in [0.25, 0.3) is 0 Å². The highest BCUT2D eigenvalue weighted by atomic mass is 35.5. The highest BCUT2D eigenvalue weighted by molar-refractivity contribution is 6.30. The highest BCUT2D eigenvalue weighted by Gasteiger charge is 2.49. The van der Waals surface area contributed by atoms with Gasteiger partial charge in [-0.1, -0.05) is 71.4 Å². The van der Waals surface area contributed by atoms with Gasteiger partial charge in [0.2, 0.25) is 5.49 Å². The van der Waals surface area contributed by atoms with E-state index >= 15 is 0 Å². The summed E-state index contributed by atoms with van der Waals surface area (Å²) in [6.07, 6.45) is -3.60. The normalized spacial score (nSPS) is 21.7. The number of imidazole rings is 1. The minimum Gasteiger partial charge on any atom is -0.451 e. The maximum atomic E-state index is 13.3. The van der Waals surface area contributed by atoms with Crippen molar-refractivity contribution in [2.24, 2.45) is 5.16 Å². The SMILES string of the molecule is O=C(O[C@H](c1ccc(Cl)cc1)[C@H]1O[C@@H](n2cnc3/c(=N/O)nc[nH]c32)[C@H](O)[C@@H]1O)c1ccc(-c2ccccc2)cc1. The molecule has 3 heterocycles. The lowest BCUT2D eigenvalue weighted by atomic mass is 9.98. The Labute approximate surface area is 237 Å². The molecule has 3 aromatic carbocycles. The Kier molecular flexibility index (Phi) is 7.25. The Hall–Kier alpha value is -4.55. The van der Waals surface area contributed by atoms with Crippen LogP contribution in [0.2, 0.25) is 5.02 Å². The molecule has 2 aromatic heterocycles. The minimum atomic E-state index is -1.45. The molecular weight excluding hydrogens is 550 g/mol. The molecule has 208 valence electrons. The van der Waals surface area contributed by atoms with Crippen molar-refractivity contribution in [3.63, 3.8) is 0 Å². The molecule has 41 heavy (non-hydrogen) atoms. The van der Waals surface area contributed by atoms with E-state index in [2.05, 4.69) is 20.1 Å². The summed E-state index contributed by atoms with van der Waals surface area (Å²) < 4.78 is 13.5. The Morgan fingerprint density at radius 2 is 1.68 bits per heavy atom. The van der Waals surface area contributed by atoms with Crippen LogP contribution in [0, 0.1) is 0 Å². The number of halogens is 1. The van der Waals surface area contributed by atoms with E-state index in [1.54, 1.807) is 36.4 Å². The number of benzene rings is 3. The fraction of sp³-hybridized carbons (Fsp3) is 0.172. The highest BCUT2D eigenvalue weighted by Crippen LogP contribution is 2.39. The van der Waals surface area contributed by atoms with Crippen LogP contribution >= 0.6 is 11.6 Å². The molecule has 11 nitrogen and oxygen atoms in total. The van der Waals surface area contributed by atoms with Gasteiger partial charge >= 0.3 is 5.97 Å². The van der Waals surface area contributed by atoms with Gasteiger partial charge in [-0.3, -0.25) is 4.57 Å². The van der Waals surface area contributed by atoms with Crippen LogP contribution in [-0.2, 0) is 9.47 Å². The molecule has 5 atom stereocenters. The van der Waals surface area contributed by atoms with E-state index in [9.17, 15) is 20.2 Å². The molecule has 12 heteroatoms. The lowest BCUT2D eigenvalue weighted by molar-refractivity contribution is -0.0917. The van der Waals surface area contributed by atoms with Crippen LogP contribution in [0.4, 0.5) is 0 Å². The molecule has 6 rings (SSSR count). The van der Waals surface area contributed by atoms with E-state index in [0.717, 1.165) is 11.1 Å². The number of hydrogen-bond donors (Lipinski definition) is 4. The number of nitrogens with zero attached hydrogens (tertiary/aromatic N) is 4. The first-order valence-electron chi connectivity index (χ1n) is 12.7. The van der Waals surface area contributed by atoms with Crippen LogP contribution in [0.1, 0.15) is 28.3 Å². The first-order valence-corrected chi connectivity index (χ1v) is 13.0. The molecule has 0 spiro atoms. The molecule has 4 N–H and O–H groups in total. The van der Waals surface area contributed by atoms with E-state index in [-0.39, 0.29) is 11.0 Å². The van der Waals surface area contributed by atoms with Gasteiger partial charge in [0.15, 0.2) is 17.8 Å². The van der Waals surface area contributed by atoms with Crippen molar-refractivity contribution >= 4 is 28.7 Å². The second kappa shape index (κ2) is 11.1. The largest absolute Gasteiger partial charge is 0.451 e. The molecule has 5 aromatic rings. The van der Waals surface area contributed by atoms with Gasteiger partial charge in [-0.25, -0.2) is 14.8 Å². The molecule has 1 aliphatic heterocycles. The quantitative estimate of drug-likeness (QED) is 0.136. The van der Waals surface area contributed by atoms with Gasteiger partial charge in [0.1, 0.15) is 24.0 Å². The van der Waals surface area contributed by atoms with Crippen molar-refractivity contribution in [3.8, 4) is 11.1 Å². The van der Waals surface area contributed by atoms with Crippen molar-refractivity contribution in [2.75, 3.05) is 0 Å². The number of esters is 1. The summed E-state index contributed by atoms with van der Waals surface area (Å²) in [5.74, 6) is -0.639. The fourth-order valence-corrected chi connectivity index (χ4v) is 5.03. The third-order valence-corrected chi connectivity index (χ3v) is 7.25. The van der Waals surface area contributed by atoms with Crippen molar-refractivity contribution in [2.45, 2.75) is 30.6 Å². The monoisotopic (exact) mass is 573 g/mol. The Morgan fingerprint density at radius 3 is 2.39 bits per heavy atom. The number of aromatic amines is 1. The molecule has 0 saturated carbocycles. The summed E-state index contributed by atoms with van der Waals surface area (Å²) in [6.45, 7) is 0. The van der Waals surface area contributed by atoms with Crippen molar-refractivity contribution in [3.05, 3.63) is 113 Å². The van der Waals surface area contributed by atoms with Crippen LogP contribution in [-0.4, -0.2) is 59.2 Å². The maximum Gasteiger partial charge on any atom is 0.338 e. The first-order chi connectivity index (χ1) is 19.9.